The van der Waals surface area contributed by atoms with E-state index in [-0.39, 0.29) is 0 Å². The number of hydrogen-bond acceptors (Lipinski definition) is 3. The van der Waals surface area contributed by atoms with Gasteiger partial charge in [0.25, 0.3) is 0 Å². The predicted octanol–water partition coefficient (Wildman–Crippen LogP) is 1.69. The van der Waals surface area contributed by atoms with E-state index in [1.165, 1.54) is 0 Å². The summed E-state index contributed by atoms with van der Waals surface area (Å²) in [5.74, 6) is 0. The average Bonchev–Trinajstić information content (AvgIpc) is 2.17. The van der Waals surface area contributed by atoms with Crippen molar-refractivity contribution in [1.82, 2.24) is 4.98 Å². The Morgan fingerprint density at radius 2 is 2.08 bits per heavy atom. The monoisotopic (exact) mass is 198 g/mol. The molecule has 0 fully saturated rings. The molecule has 0 aromatic carbocycles. The molecule has 0 radical (unpaired) electrons. The smallest absolute Gasteiger partial charge is 0.117 e. The van der Waals surface area contributed by atoms with E-state index >= 15 is 0 Å². The third-order valence-corrected chi connectivity index (χ3v) is 5.62. The first-order valence-electron chi connectivity index (χ1n) is 4.42. The number of nitrogens with two attached hydrogens (primary N) is 1. The van der Waals surface area contributed by atoms with Gasteiger partial charge in [0.05, 0.1) is 11.9 Å². The molecule has 0 bridgehead atoms. The predicted molar refractivity (Wildman–Crippen MR) is 57.0 cm³/mol. The highest BCUT2D eigenvalue weighted by atomic mass is 31.2. The number of aromatic nitrogens is 1. The molecule has 0 unspecified atom stereocenters. The van der Waals surface area contributed by atoms with Gasteiger partial charge in [-0.3, -0.25) is 4.98 Å². The van der Waals surface area contributed by atoms with E-state index in [2.05, 4.69) is 4.98 Å². The molecule has 0 aliphatic rings. The van der Waals surface area contributed by atoms with Crippen LogP contribution in [0.3, 0.4) is 0 Å². The Hall–Kier alpha value is -0.820. The molecule has 1 aromatic rings. The molecule has 2 N–H and O–H groups in total. The van der Waals surface area contributed by atoms with Gasteiger partial charge in [0.15, 0.2) is 0 Å². The number of hydrogen-bond donors (Lipinski definition) is 1. The summed E-state index contributed by atoms with van der Waals surface area (Å²) in [6.45, 7) is 3.87. The minimum Gasteiger partial charge on any atom is -0.397 e. The molecule has 0 saturated carbocycles. The topological polar surface area (TPSA) is 56.0 Å². The average molecular weight is 198 g/mol. The van der Waals surface area contributed by atoms with Crippen molar-refractivity contribution in [3.63, 3.8) is 0 Å². The standard InChI is InChI=1S/C9H15N2OP/c1-3-13(12,4-2)9-5-6-11-7-8(9)10/h5-7H,3-4,10H2,1-2H3. The maximum atomic E-state index is 12.3. The number of rotatable bonds is 3. The quantitative estimate of drug-likeness (QED) is 0.752. The summed E-state index contributed by atoms with van der Waals surface area (Å²) in [4.78, 5) is 3.88. The van der Waals surface area contributed by atoms with Crippen molar-refractivity contribution < 1.29 is 4.57 Å². The minimum absolute atomic E-state index is 0.550. The van der Waals surface area contributed by atoms with Gasteiger partial charge in [-0.1, -0.05) is 13.8 Å². The number of nitrogens with zero attached hydrogens (tertiary/aromatic N) is 1. The normalized spacial score (nSPS) is 11.5. The Balaban J connectivity index is 3.20. The maximum absolute atomic E-state index is 12.3. The molecule has 0 aliphatic carbocycles. The van der Waals surface area contributed by atoms with E-state index in [9.17, 15) is 4.57 Å². The second kappa shape index (κ2) is 3.93. The fourth-order valence-electron chi connectivity index (χ4n) is 1.33. The van der Waals surface area contributed by atoms with Crippen LogP contribution in [0.2, 0.25) is 0 Å². The second-order valence-corrected chi connectivity index (χ2v) is 6.48. The van der Waals surface area contributed by atoms with Crippen LogP contribution < -0.4 is 11.0 Å². The molecule has 1 rings (SSSR count). The zero-order valence-electron chi connectivity index (χ0n) is 8.03. The molecule has 0 spiro atoms. The van der Waals surface area contributed by atoms with E-state index in [0.717, 1.165) is 5.30 Å². The molecule has 0 atom stereocenters. The summed E-state index contributed by atoms with van der Waals surface area (Å²) in [5, 5.41) is 0.785. The van der Waals surface area contributed by atoms with Crippen LogP contribution in [0, 0.1) is 0 Å². The van der Waals surface area contributed by atoms with E-state index in [1.54, 1.807) is 18.5 Å². The Labute approximate surface area is 78.7 Å². The van der Waals surface area contributed by atoms with Crippen molar-refractivity contribution in [3.05, 3.63) is 18.5 Å². The fourth-order valence-corrected chi connectivity index (χ4v) is 3.33. The highest BCUT2D eigenvalue weighted by Crippen LogP contribution is 2.44. The third kappa shape index (κ3) is 1.92. The fraction of sp³-hybridized carbons (Fsp3) is 0.444. The molecule has 0 aliphatic heterocycles. The zero-order valence-corrected chi connectivity index (χ0v) is 8.92. The van der Waals surface area contributed by atoms with Gasteiger partial charge in [-0.05, 0) is 6.07 Å². The first-order chi connectivity index (χ1) is 6.14. The minimum atomic E-state index is -2.24. The zero-order chi connectivity index (χ0) is 9.90. The lowest BCUT2D eigenvalue weighted by Crippen LogP contribution is -2.13. The van der Waals surface area contributed by atoms with Crippen LogP contribution in [0.15, 0.2) is 18.5 Å². The molecular weight excluding hydrogens is 183 g/mol. The van der Waals surface area contributed by atoms with Crippen molar-refractivity contribution in [1.29, 1.82) is 0 Å². The van der Waals surface area contributed by atoms with Crippen LogP contribution >= 0.6 is 7.14 Å². The Morgan fingerprint density at radius 3 is 2.54 bits per heavy atom. The summed E-state index contributed by atoms with van der Waals surface area (Å²) < 4.78 is 12.3. The molecule has 1 aromatic heterocycles. The lowest BCUT2D eigenvalue weighted by molar-refractivity contribution is 0.582. The summed E-state index contributed by atoms with van der Waals surface area (Å²) in [6.07, 6.45) is 4.53. The van der Waals surface area contributed by atoms with Crippen molar-refractivity contribution in [3.8, 4) is 0 Å². The van der Waals surface area contributed by atoms with Crippen molar-refractivity contribution in [2.75, 3.05) is 18.1 Å². The molecule has 72 valence electrons. The molecule has 3 nitrogen and oxygen atoms in total. The Kier molecular flexibility index (Phi) is 3.10. The van der Waals surface area contributed by atoms with Gasteiger partial charge in [-0.25, -0.2) is 0 Å². The molecular formula is C9H15N2OP. The molecule has 4 heteroatoms. The van der Waals surface area contributed by atoms with Crippen molar-refractivity contribution in [2.45, 2.75) is 13.8 Å². The molecule has 1 heterocycles. The number of pyridine rings is 1. The van der Waals surface area contributed by atoms with Crippen LogP contribution in [0.25, 0.3) is 0 Å². The van der Waals surface area contributed by atoms with Gasteiger partial charge in [0, 0.05) is 23.8 Å². The molecule has 0 amide bonds. The summed E-state index contributed by atoms with van der Waals surface area (Å²) in [6, 6.07) is 1.77. The highest BCUT2D eigenvalue weighted by Gasteiger charge is 2.21. The van der Waals surface area contributed by atoms with Crippen LogP contribution in [0.4, 0.5) is 5.69 Å². The van der Waals surface area contributed by atoms with Crippen LogP contribution in [0.1, 0.15) is 13.8 Å². The van der Waals surface area contributed by atoms with Gasteiger partial charge < -0.3 is 10.3 Å². The van der Waals surface area contributed by atoms with Gasteiger partial charge in [-0.15, -0.1) is 0 Å². The van der Waals surface area contributed by atoms with Crippen LogP contribution in [-0.4, -0.2) is 17.3 Å². The van der Waals surface area contributed by atoms with Gasteiger partial charge in [-0.2, -0.15) is 0 Å². The van der Waals surface area contributed by atoms with Gasteiger partial charge in [0.1, 0.15) is 7.14 Å². The van der Waals surface area contributed by atoms with E-state index in [4.69, 9.17) is 5.73 Å². The third-order valence-electron chi connectivity index (χ3n) is 2.29. The highest BCUT2D eigenvalue weighted by molar-refractivity contribution is 7.71. The Bertz CT molecular complexity index is 330. The van der Waals surface area contributed by atoms with Crippen LogP contribution in [-0.2, 0) is 4.57 Å². The number of nitrogen functional groups attached to an aromatic ring is 1. The SMILES string of the molecule is CCP(=O)(CC)c1ccncc1N. The maximum Gasteiger partial charge on any atom is 0.117 e. The molecule has 13 heavy (non-hydrogen) atoms. The first kappa shape index (κ1) is 10.3. The Morgan fingerprint density at radius 1 is 1.46 bits per heavy atom. The van der Waals surface area contributed by atoms with E-state index in [0.29, 0.717) is 18.0 Å². The lowest BCUT2D eigenvalue weighted by Gasteiger charge is -2.15. The van der Waals surface area contributed by atoms with E-state index in [1.807, 2.05) is 13.8 Å². The number of anilines is 1. The largest absolute Gasteiger partial charge is 0.397 e. The van der Waals surface area contributed by atoms with Crippen molar-refractivity contribution in [2.24, 2.45) is 0 Å². The first-order valence-corrected chi connectivity index (χ1v) is 6.50. The summed E-state index contributed by atoms with van der Waals surface area (Å²) in [5.41, 5.74) is 6.27. The van der Waals surface area contributed by atoms with Gasteiger partial charge in [0.2, 0.25) is 0 Å². The van der Waals surface area contributed by atoms with Crippen molar-refractivity contribution >= 4 is 18.1 Å². The second-order valence-electron chi connectivity index (χ2n) is 2.96. The van der Waals surface area contributed by atoms with Crippen LogP contribution in [0.5, 0.6) is 0 Å². The van der Waals surface area contributed by atoms with Gasteiger partial charge >= 0.3 is 0 Å². The summed E-state index contributed by atoms with van der Waals surface area (Å²) >= 11 is 0. The summed E-state index contributed by atoms with van der Waals surface area (Å²) in [7, 11) is -2.24. The lowest BCUT2D eigenvalue weighted by atomic mass is 10.4. The van der Waals surface area contributed by atoms with E-state index < -0.39 is 7.14 Å². The molecule has 0 saturated heterocycles.